The summed E-state index contributed by atoms with van der Waals surface area (Å²) in [6, 6.07) is -0.0487. The van der Waals surface area contributed by atoms with Gasteiger partial charge in [-0.3, -0.25) is 4.79 Å². The molecule has 2 unspecified atom stereocenters. The maximum Gasteiger partial charge on any atom is 0.323 e. The first-order valence-corrected chi connectivity index (χ1v) is 6.23. The highest BCUT2D eigenvalue weighted by atomic mass is 16.5. The van der Waals surface area contributed by atoms with E-state index in [-0.39, 0.29) is 24.7 Å². The third kappa shape index (κ3) is 6.08. The minimum atomic E-state index is -0.235. The SMILES string of the molecule is CCCC(NC(CC)CCO)C(=O)OCC. The van der Waals surface area contributed by atoms with Crippen molar-refractivity contribution in [2.45, 2.75) is 58.5 Å². The molecule has 0 bridgehead atoms. The van der Waals surface area contributed by atoms with Gasteiger partial charge < -0.3 is 15.2 Å². The molecule has 0 fully saturated rings. The second-order valence-corrected chi connectivity index (χ2v) is 3.88. The molecule has 0 saturated carbocycles. The van der Waals surface area contributed by atoms with Crippen molar-refractivity contribution in [3.8, 4) is 0 Å². The van der Waals surface area contributed by atoms with Crippen molar-refractivity contribution in [1.29, 1.82) is 0 Å². The molecule has 0 aliphatic carbocycles. The molecule has 4 heteroatoms. The van der Waals surface area contributed by atoms with Crippen LogP contribution in [0.5, 0.6) is 0 Å². The highest BCUT2D eigenvalue weighted by Crippen LogP contribution is 2.05. The summed E-state index contributed by atoms with van der Waals surface area (Å²) in [6.45, 7) is 6.46. The Morgan fingerprint density at radius 1 is 1.31 bits per heavy atom. The molecule has 16 heavy (non-hydrogen) atoms. The van der Waals surface area contributed by atoms with Gasteiger partial charge in [-0.05, 0) is 26.2 Å². The first kappa shape index (κ1) is 15.4. The van der Waals surface area contributed by atoms with Crippen LogP contribution in [0.4, 0.5) is 0 Å². The van der Waals surface area contributed by atoms with Gasteiger partial charge in [0.05, 0.1) is 6.61 Å². The van der Waals surface area contributed by atoms with Crippen LogP contribution >= 0.6 is 0 Å². The maximum absolute atomic E-state index is 11.6. The highest BCUT2D eigenvalue weighted by molar-refractivity contribution is 5.75. The monoisotopic (exact) mass is 231 g/mol. The minimum Gasteiger partial charge on any atom is -0.465 e. The molecular formula is C12H25NO3. The lowest BCUT2D eigenvalue weighted by Crippen LogP contribution is -2.44. The third-order valence-corrected chi connectivity index (χ3v) is 2.56. The number of aliphatic hydroxyl groups is 1. The van der Waals surface area contributed by atoms with Crippen LogP contribution in [-0.2, 0) is 9.53 Å². The average Bonchev–Trinajstić information content (AvgIpc) is 2.27. The lowest BCUT2D eigenvalue weighted by atomic mass is 10.1. The number of carbonyl (C=O) groups excluding carboxylic acids is 1. The molecule has 4 nitrogen and oxygen atoms in total. The number of hydrogen-bond donors (Lipinski definition) is 2. The summed E-state index contributed by atoms with van der Waals surface area (Å²) >= 11 is 0. The second kappa shape index (κ2) is 9.60. The van der Waals surface area contributed by atoms with Crippen LogP contribution in [0.15, 0.2) is 0 Å². The van der Waals surface area contributed by atoms with Gasteiger partial charge >= 0.3 is 5.97 Å². The van der Waals surface area contributed by atoms with Gasteiger partial charge in [0.25, 0.3) is 0 Å². The number of ether oxygens (including phenoxy) is 1. The van der Waals surface area contributed by atoms with Crippen molar-refractivity contribution < 1.29 is 14.6 Å². The lowest BCUT2D eigenvalue weighted by Gasteiger charge is -2.22. The van der Waals surface area contributed by atoms with Crippen molar-refractivity contribution in [3.05, 3.63) is 0 Å². The Labute approximate surface area is 98.4 Å². The summed E-state index contributed by atoms with van der Waals surface area (Å²) < 4.78 is 5.02. The molecule has 0 heterocycles. The number of hydrogen-bond acceptors (Lipinski definition) is 4. The van der Waals surface area contributed by atoms with Crippen molar-refractivity contribution in [2.24, 2.45) is 0 Å². The van der Waals surface area contributed by atoms with Crippen molar-refractivity contribution in [3.63, 3.8) is 0 Å². The van der Waals surface area contributed by atoms with E-state index in [0.29, 0.717) is 13.0 Å². The van der Waals surface area contributed by atoms with E-state index in [1.165, 1.54) is 0 Å². The Morgan fingerprint density at radius 2 is 2.00 bits per heavy atom. The third-order valence-electron chi connectivity index (χ3n) is 2.56. The number of esters is 1. The topological polar surface area (TPSA) is 58.6 Å². The Kier molecular flexibility index (Phi) is 9.24. The fourth-order valence-electron chi connectivity index (χ4n) is 1.65. The molecule has 0 radical (unpaired) electrons. The molecule has 0 aromatic carbocycles. The second-order valence-electron chi connectivity index (χ2n) is 3.88. The molecule has 96 valence electrons. The van der Waals surface area contributed by atoms with Gasteiger partial charge in [0.1, 0.15) is 6.04 Å². The first-order valence-electron chi connectivity index (χ1n) is 6.23. The summed E-state index contributed by atoms with van der Waals surface area (Å²) in [4.78, 5) is 11.6. The quantitative estimate of drug-likeness (QED) is 0.590. The fourth-order valence-corrected chi connectivity index (χ4v) is 1.65. The summed E-state index contributed by atoms with van der Waals surface area (Å²) in [7, 11) is 0. The standard InChI is InChI=1S/C12H25NO3/c1-4-7-11(12(15)16-6-3)13-10(5-2)8-9-14/h10-11,13-14H,4-9H2,1-3H3. The van der Waals surface area contributed by atoms with Gasteiger partial charge in [-0.2, -0.15) is 0 Å². The molecule has 2 N–H and O–H groups in total. The van der Waals surface area contributed by atoms with Gasteiger partial charge in [0.2, 0.25) is 0 Å². The summed E-state index contributed by atoms with van der Waals surface area (Å²) in [6.07, 6.45) is 3.29. The van der Waals surface area contributed by atoms with Crippen LogP contribution in [0.3, 0.4) is 0 Å². The Hall–Kier alpha value is -0.610. The molecule has 0 rings (SSSR count). The van der Waals surface area contributed by atoms with Crippen LogP contribution in [0.1, 0.15) is 46.5 Å². The van der Waals surface area contributed by atoms with Crippen molar-refractivity contribution in [2.75, 3.05) is 13.2 Å². The minimum absolute atomic E-state index is 0.146. The van der Waals surface area contributed by atoms with E-state index in [2.05, 4.69) is 5.32 Å². The zero-order valence-corrected chi connectivity index (χ0v) is 10.7. The smallest absolute Gasteiger partial charge is 0.323 e. The van der Waals surface area contributed by atoms with E-state index in [1.807, 2.05) is 20.8 Å². The van der Waals surface area contributed by atoms with Gasteiger partial charge in [-0.25, -0.2) is 0 Å². The van der Waals surface area contributed by atoms with E-state index in [0.717, 1.165) is 19.3 Å². The van der Waals surface area contributed by atoms with E-state index < -0.39 is 0 Å². The van der Waals surface area contributed by atoms with Crippen LogP contribution in [0, 0.1) is 0 Å². The first-order chi connectivity index (χ1) is 7.69. The Balaban J connectivity index is 4.23. The predicted octanol–water partition coefficient (Wildman–Crippen LogP) is 1.47. The largest absolute Gasteiger partial charge is 0.465 e. The Bertz CT molecular complexity index is 185. The van der Waals surface area contributed by atoms with E-state index >= 15 is 0 Å². The molecule has 0 aromatic rings. The molecule has 0 aliphatic rings. The molecule has 0 amide bonds. The van der Waals surface area contributed by atoms with Gasteiger partial charge in [0.15, 0.2) is 0 Å². The van der Waals surface area contributed by atoms with Crippen LogP contribution in [0.2, 0.25) is 0 Å². The van der Waals surface area contributed by atoms with E-state index in [1.54, 1.807) is 0 Å². The zero-order chi connectivity index (χ0) is 12.4. The summed E-state index contributed by atoms with van der Waals surface area (Å²) in [5.41, 5.74) is 0. The molecule has 0 saturated heterocycles. The average molecular weight is 231 g/mol. The zero-order valence-electron chi connectivity index (χ0n) is 10.7. The molecule has 0 spiro atoms. The molecular weight excluding hydrogens is 206 g/mol. The van der Waals surface area contributed by atoms with Crippen LogP contribution in [0.25, 0.3) is 0 Å². The number of nitrogens with one attached hydrogen (secondary N) is 1. The van der Waals surface area contributed by atoms with E-state index in [4.69, 9.17) is 9.84 Å². The van der Waals surface area contributed by atoms with Gasteiger partial charge in [-0.15, -0.1) is 0 Å². The summed E-state index contributed by atoms with van der Waals surface area (Å²) in [5.74, 6) is -0.180. The Morgan fingerprint density at radius 3 is 2.44 bits per heavy atom. The maximum atomic E-state index is 11.6. The van der Waals surface area contributed by atoms with Crippen LogP contribution < -0.4 is 5.32 Å². The fraction of sp³-hybridized carbons (Fsp3) is 0.917. The normalized spacial score (nSPS) is 14.5. The van der Waals surface area contributed by atoms with E-state index in [9.17, 15) is 4.79 Å². The van der Waals surface area contributed by atoms with Gasteiger partial charge in [-0.1, -0.05) is 20.3 Å². The van der Waals surface area contributed by atoms with Crippen LogP contribution in [-0.4, -0.2) is 36.4 Å². The molecule has 0 aliphatic heterocycles. The molecule has 0 aromatic heterocycles. The number of rotatable bonds is 9. The number of carbonyl (C=O) groups is 1. The lowest BCUT2D eigenvalue weighted by molar-refractivity contribution is -0.146. The summed E-state index contributed by atoms with van der Waals surface area (Å²) in [5, 5.41) is 12.2. The molecule has 2 atom stereocenters. The van der Waals surface area contributed by atoms with Gasteiger partial charge in [0, 0.05) is 12.6 Å². The van der Waals surface area contributed by atoms with Crippen molar-refractivity contribution in [1.82, 2.24) is 5.32 Å². The highest BCUT2D eigenvalue weighted by Gasteiger charge is 2.21. The number of aliphatic hydroxyl groups excluding tert-OH is 1. The van der Waals surface area contributed by atoms with Crippen molar-refractivity contribution >= 4 is 5.97 Å². The predicted molar refractivity (Wildman–Crippen MR) is 64.2 cm³/mol.